The molecule has 2 atom stereocenters. The lowest BCUT2D eigenvalue weighted by atomic mass is 10.1. The summed E-state index contributed by atoms with van der Waals surface area (Å²) in [6.07, 6.45) is -1.19. The third-order valence-corrected chi connectivity index (χ3v) is 3.38. The van der Waals surface area contributed by atoms with E-state index in [2.05, 4.69) is 5.32 Å². The number of aliphatic hydroxyl groups is 1. The van der Waals surface area contributed by atoms with E-state index >= 15 is 0 Å². The fourth-order valence-corrected chi connectivity index (χ4v) is 2.03. The Kier molecular flexibility index (Phi) is 5.36. The number of amides is 1. The van der Waals surface area contributed by atoms with Gasteiger partial charge < -0.3 is 15.5 Å². The highest BCUT2D eigenvalue weighted by molar-refractivity contribution is 14.1. The second kappa shape index (κ2) is 6.35. The van der Waals surface area contributed by atoms with Crippen LogP contribution >= 0.6 is 34.2 Å². The summed E-state index contributed by atoms with van der Waals surface area (Å²) < 4.78 is 0.643. The Morgan fingerprint density at radius 1 is 1.44 bits per heavy atom. The minimum Gasteiger partial charge on any atom is -0.480 e. The fraction of sp³-hybridized carbons (Fsp3) is 0.273. The lowest BCUT2D eigenvalue weighted by molar-refractivity contribution is -0.141. The summed E-state index contributed by atoms with van der Waals surface area (Å²) in [7, 11) is 0. The van der Waals surface area contributed by atoms with Crippen LogP contribution < -0.4 is 5.32 Å². The van der Waals surface area contributed by atoms with Gasteiger partial charge >= 0.3 is 5.97 Å². The zero-order valence-electron chi connectivity index (χ0n) is 9.35. The van der Waals surface area contributed by atoms with Crippen LogP contribution in [0.1, 0.15) is 17.3 Å². The number of aliphatic carboxylic acids is 1. The molecule has 0 bridgehead atoms. The van der Waals surface area contributed by atoms with Gasteiger partial charge in [-0.25, -0.2) is 4.79 Å². The normalized spacial score (nSPS) is 13.8. The Bertz CT molecular complexity index is 478. The van der Waals surface area contributed by atoms with Crippen molar-refractivity contribution in [1.82, 2.24) is 5.32 Å². The number of aliphatic hydroxyl groups excluding tert-OH is 1. The molecule has 0 radical (unpaired) electrons. The number of carboxylic acids is 1. The van der Waals surface area contributed by atoms with Crippen LogP contribution in [0.2, 0.25) is 5.02 Å². The number of hydrogen-bond acceptors (Lipinski definition) is 3. The predicted octanol–water partition coefficient (Wildman–Crippen LogP) is 1.51. The Balaban J connectivity index is 2.94. The smallest absolute Gasteiger partial charge is 0.328 e. The summed E-state index contributed by atoms with van der Waals surface area (Å²) >= 11 is 7.72. The molecule has 18 heavy (non-hydrogen) atoms. The van der Waals surface area contributed by atoms with E-state index in [0.717, 1.165) is 0 Å². The van der Waals surface area contributed by atoms with E-state index in [9.17, 15) is 14.7 Å². The number of hydrogen-bond donors (Lipinski definition) is 3. The summed E-state index contributed by atoms with van der Waals surface area (Å²) in [6, 6.07) is 3.37. The van der Waals surface area contributed by atoms with E-state index < -0.39 is 24.0 Å². The highest BCUT2D eigenvalue weighted by Crippen LogP contribution is 2.18. The van der Waals surface area contributed by atoms with E-state index in [0.29, 0.717) is 8.59 Å². The first kappa shape index (κ1) is 15.2. The molecule has 5 nitrogen and oxygen atoms in total. The Morgan fingerprint density at radius 3 is 2.56 bits per heavy atom. The number of carbonyl (C=O) groups excluding carboxylic acids is 1. The van der Waals surface area contributed by atoms with Crippen molar-refractivity contribution in [1.29, 1.82) is 0 Å². The summed E-state index contributed by atoms with van der Waals surface area (Å²) in [6.45, 7) is 1.29. The number of nitrogens with one attached hydrogen (secondary N) is 1. The molecule has 1 aromatic rings. The highest BCUT2D eigenvalue weighted by Gasteiger charge is 2.26. The summed E-state index contributed by atoms with van der Waals surface area (Å²) in [5.74, 6) is -1.88. The van der Waals surface area contributed by atoms with Gasteiger partial charge in [0.25, 0.3) is 5.91 Å². The zero-order valence-corrected chi connectivity index (χ0v) is 12.3. The van der Waals surface area contributed by atoms with Gasteiger partial charge in [-0.1, -0.05) is 11.6 Å². The molecule has 0 aliphatic carbocycles. The fourth-order valence-electron chi connectivity index (χ4n) is 1.28. The quantitative estimate of drug-likeness (QED) is 0.688. The lowest BCUT2D eigenvalue weighted by Gasteiger charge is -2.17. The van der Waals surface area contributed by atoms with Gasteiger partial charge in [0.05, 0.1) is 11.7 Å². The molecule has 0 fully saturated rings. The predicted molar refractivity (Wildman–Crippen MR) is 74.7 cm³/mol. The van der Waals surface area contributed by atoms with Crippen LogP contribution in [0.3, 0.4) is 0 Å². The number of rotatable bonds is 4. The first-order valence-corrected chi connectivity index (χ1v) is 6.45. The topological polar surface area (TPSA) is 86.6 Å². The van der Waals surface area contributed by atoms with Crippen LogP contribution in [-0.2, 0) is 4.79 Å². The molecule has 0 aliphatic heterocycles. The van der Waals surface area contributed by atoms with Crippen LogP contribution in [0.4, 0.5) is 0 Å². The third-order valence-electron chi connectivity index (χ3n) is 2.21. The van der Waals surface area contributed by atoms with Gasteiger partial charge in [0.15, 0.2) is 6.04 Å². The number of carboxylic acid groups (broad SMARTS) is 1. The second-order valence-electron chi connectivity index (χ2n) is 3.65. The molecule has 98 valence electrons. The maximum atomic E-state index is 11.9. The van der Waals surface area contributed by atoms with Crippen LogP contribution in [0.25, 0.3) is 0 Å². The van der Waals surface area contributed by atoms with E-state index in [4.69, 9.17) is 16.7 Å². The average molecular weight is 384 g/mol. The molecule has 0 saturated carbocycles. The first-order valence-electron chi connectivity index (χ1n) is 4.99. The first-order chi connectivity index (χ1) is 8.32. The van der Waals surface area contributed by atoms with Gasteiger partial charge in [-0.15, -0.1) is 0 Å². The highest BCUT2D eigenvalue weighted by atomic mass is 127. The van der Waals surface area contributed by atoms with Crippen molar-refractivity contribution in [3.8, 4) is 0 Å². The molecule has 7 heteroatoms. The van der Waals surface area contributed by atoms with E-state index in [-0.39, 0.29) is 5.56 Å². The van der Waals surface area contributed by atoms with Gasteiger partial charge in [-0.3, -0.25) is 4.79 Å². The molecule has 1 aromatic carbocycles. The zero-order chi connectivity index (χ0) is 13.9. The molecule has 0 heterocycles. The van der Waals surface area contributed by atoms with Crippen molar-refractivity contribution >= 4 is 46.1 Å². The summed E-state index contributed by atoms with van der Waals surface area (Å²) in [5.41, 5.74) is 0.273. The number of halogens is 2. The Morgan fingerprint density at radius 2 is 2.06 bits per heavy atom. The molecule has 0 saturated heterocycles. The average Bonchev–Trinajstić information content (AvgIpc) is 2.28. The van der Waals surface area contributed by atoms with Gasteiger partial charge in [0, 0.05) is 8.59 Å². The standard InChI is InChI=1S/C11H11ClINO4/c1-5(15)9(11(17)18)14-10(16)7-4-6(12)2-3-8(7)13/h2-5,9,15H,1H3,(H,14,16)(H,17,18)/t5-,9+/m1/s1. The maximum Gasteiger partial charge on any atom is 0.328 e. The molecule has 0 unspecified atom stereocenters. The van der Waals surface area contributed by atoms with Crippen molar-refractivity contribution in [3.05, 3.63) is 32.4 Å². The van der Waals surface area contributed by atoms with Crippen LogP contribution in [0.15, 0.2) is 18.2 Å². The third kappa shape index (κ3) is 3.82. The minimum absolute atomic E-state index is 0.273. The van der Waals surface area contributed by atoms with Crippen molar-refractivity contribution in [2.45, 2.75) is 19.1 Å². The molecular weight excluding hydrogens is 372 g/mol. The maximum absolute atomic E-state index is 11.9. The summed E-state index contributed by atoms with van der Waals surface area (Å²) in [5, 5.41) is 20.8. The Hall–Kier alpha value is -0.860. The van der Waals surface area contributed by atoms with Crippen molar-refractivity contribution in [2.75, 3.05) is 0 Å². The minimum atomic E-state index is -1.35. The van der Waals surface area contributed by atoms with Crippen molar-refractivity contribution in [3.63, 3.8) is 0 Å². The number of benzene rings is 1. The lowest BCUT2D eigenvalue weighted by Crippen LogP contribution is -2.47. The molecule has 0 spiro atoms. The molecule has 0 aliphatic rings. The monoisotopic (exact) mass is 383 g/mol. The van der Waals surface area contributed by atoms with E-state index in [1.165, 1.54) is 13.0 Å². The van der Waals surface area contributed by atoms with Gasteiger partial charge in [-0.2, -0.15) is 0 Å². The molecule has 3 N–H and O–H groups in total. The van der Waals surface area contributed by atoms with Crippen LogP contribution in [-0.4, -0.2) is 34.2 Å². The largest absolute Gasteiger partial charge is 0.480 e. The molecule has 1 rings (SSSR count). The molecule has 1 amide bonds. The Labute approximate surface area is 122 Å². The molecular formula is C11H11ClINO4. The van der Waals surface area contributed by atoms with Gasteiger partial charge in [0.1, 0.15) is 0 Å². The van der Waals surface area contributed by atoms with Crippen molar-refractivity contribution in [2.24, 2.45) is 0 Å². The van der Waals surface area contributed by atoms with Crippen LogP contribution in [0.5, 0.6) is 0 Å². The van der Waals surface area contributed by atoms with E-state index in [1.807, 2.05) is 22.6 Å². The SMILES string of the molecule is C[C@@H](O)[C@H](NC(=O)c1cc(Cl)ccc1I)C(=O)O. The summed E-state index contributed by atoms with van der Waals surface area (Å²) in [4.78, 5) is 22.7. The molecule has 0 aromatic heterocycles. The van der Waals surface area contributed by atoms with E-state index in [1.54, 1.807) is 12.1 Å². The number of carbonyl (C=O) groups is 2. The second-order valence-corrected chi connectivity index (χ2v) is 5.25. The van der Waals surface area contributed by atoms with Crippen molar-refractivity contribution < 1.29 is 19.8 Å². The van der Waals surface area contributed by atoms with Crippen LogP contribution in [0, 0.1) is 3.57 Å². The van der Waals surface area contributed by atoms with Gasteiger partial charge in [-0.05, 0) is 47.7 Å². The van der Waals surface area contributed by atoms with Gasteiger partial charge in [0.2, 0.25) is 0 Å².